The Labute approximate surface area is 155 Å². The van der Waals surface area contributed by atoms with E-state index in [1.807, 2.05) is 29.6 Å². The predicted octanol–water partition coefficient (Wildman–Crippen LogP) is 2.73. The standard InChI is InChI=1S/C18H20N2O5S/c1-3-12-5-7-13(8-6-12)17-19-14(11-26-17)9-16(22)25-10-15(21)20-18(23)24-4-2/h5-8,11H,3-4,9-10H2,1-2H3,(H,20,21,23). The number of carbonyl (C=O) groups is 3. The van der Waals surface area contributed by atoms with Crippen LogP contribution in [0, 0.1) is 0 Å². The highest BCUT2D eigenvalue weighted by atomic mass is 32.1. The molecule has 0 aliphatic heterocycles. The Morgan fingerprint density at radius 3 is 2.50 bits per heavy atom. The number of carbonyl (C=O) groups excluding carboxylic acids is 3. The van der Waals surface area contributed by atoms with Crippen LogP contribution in [0.25, 0.3) is 10.6 Å². The van der Waals surface area contributed by atoms with Crippen LogP contribution in [-0.2, 0) is 31.9 Å². The van der Waals surface area contributed by atoms with Crippen molar-refractivity contribution in [1.29, 1.82) is 0 Å². The number of nitrogens with zero attached hydrogens (tertiary/aromatic N) is 1. The maximum atomic E-state index is 11.8. The van der Waals surface area contributed by atoms with Gasteiger partial charge >= 0.3 is 12.1 Å². The van der Waals surface area contributed by atoms with Gasteiger partial charge in [0.05, 0.1) is 18.7 Å². The van der Waals surface area contributed by atoms with Gasteiger partial charge in [-0.25, -0.2) is 9.78 Å². The molecule has 138 valence electrons. The first-order chi connectivity index (χ1) is 12.5. The van der Waals surface area contributed by atoms with Crippen LogP contribution in [0.5, 0.6) is 0 Å². The Morgan fingerprint density at radius 2 is 1.85 bits per heavy atom. The van der Waals surface area contributed by atoms with Crippen LogP contribution < -0.4 is 5.32 Å². The van der Waals surface area contributed by atoms with E-state index in [1.54, 1.807) is 12.3 Å². The number of esters is 1. The first-order valence-corrected chi connectivity index (χ1v) is 9.05. The number of aromatic nitrogens is 1. The number of imide groups is 1. The zero-order chi connectivity index (χ0) is 18.9. The van der Waals surface area contributed by atoms with Crippen LogP contribution >= 0.6 is 11.3 Å². The average molecular weight is 376 g/mol. The summed E-state index contributed by atoms with van der Waals surface area (Å²) in [6.07, 6.45) is 0.0571. The number of thiazole rings is 1. The van der Waals surface area contributed by atoms with Crippen LogP contribution in [0.2, 0.25) is 0 Å². The van der Waals surface area contributed by atoms with Crippen molar-refractivity contribution in [2.24, 2.45) is 0 Å². The largest absolute Gasteiger partial charge is 0.455 e. The van der Waals surface area contributed by atoms with E-state index < -0.39 is 24.6 Å². The minimum atomic E-state index is -0.869. The fourth-order valence-electron chi connectivity index (χ4n) is 2.07. The molecular weight excluding hydrogens is 356 g/mol. The van der Waals surface area contributed by atoms with Gasteiger partial charge in [0.15, 0.2) is 6.61 Å². The number of rotatable bonds is 7. The summed E-state index contributed by atoms with van der Waals surface area (Å²) in [5, 5.41) is 4.54. The Bertz CT molecular complexity index is 770. The molecule has 7 nitrogen and oxygen atoms in total. The molecule has 1 heterocycles. The van der Waals surface area contributed by atoms with E-state index >= 15 is 0 Å². The molecule has 0 atom stereocenters. The molecule has 0 aliphatic carbocycles. The third-order valence-corrected chi connectivity index (χ3v) is 4.31. The third kappa shape index (κ3) is 5.96. The van der Waals surface area contributed by atoms with E-state index in [2.05, 4.69) is 16.6 Å². The number of hydrogen-bond acceptors (Lipinski definition) is 7. The highest BCUT2D eigenvalue weighted by Gasteiger charge is 2.14. The lowest BCUT2D eigenvalue weighted by molar-refractivity contribution is -0.147. The van der Waals surface area contributed by atoms with Crippen molar-refractivity contribution in [2.75, 3.05) is 13.2 Å². The van der Waals surface area contributed by atoms with Crippen LogP contribution in [0.1, 0.15) is 25.1 Å². The van der Waals surface area contributed by atoms with Gasteiger partial charge in [-0.1, -0.05) is 31.2 Å². The molecule has 0 saturated heterocycles. The van der Waals surface area contributed by atoms with Crippen LogP contribution in [-0.4, -0.2) is 36.2 Å². The van der Waals surface area contributed by atoms with Crippen molar-refractivity contribution < 1.29 is 23.9 Å². The van der Waals surface area contributed by atoms with Gasteiger partial charge in [0.2, 0.25) is 0 Å². The quantitative estimate of drug-likeness (QED) is 0.747. The number of aryl methyl sites for hydroxylation is 1. The van der Waals surface area contributed by atoms with E-state index in [4.69, 9.17) is 4.74 Å². The van der Waals surface area contributed by atoms with E-state index in [0.717, 1.165) is 17.0 Å². The number of ether oxygens (including phenoxy) is 2. The molecule has 26 heavy (non-hydrogen) atoms. The van der Waals surface area contributed by atoms with Crippen LogP contribution in [0.4, 0.5) is 4.79 Å². The van der Waals surface area contributed by atoms with Gasteiger partial charge in [-0.15, -0.1) is 11.3 Å². The normalized spacial score (nSPS) is 10.2. The summed E-state index contributed by atoms with van der Waals surface area (Å²) < 4.78 is 9.39. The number of benzene rings is 1. The molecular formula is C18H20N2O5S. The van der Waals surface area contributed by atoms with Gasteiger partial charge in [0, 0.05) is 10.9 Å². The highest BCUT2D eigenvalue weighted by Crippen LogP contribution is 2.24. The SMILES string of the molecule is CCOC(=O)NC(=O)COC(=O)Cc1csc(-c2ccc(CC)cc2)n1. The molecule has 0 radical (unpaired) electrons. The molecule has 8 heteroatoms. The average Bonchev–Trinajstić information content (AvgIpc) is 3.08. The summed E-state index contributed by atoms with van der Waals surface area (Å²) >= 11 is 1.44. The van der Waals surface area contributed by atoms with Crippen LogP contribution in [0.3, 0.4) is 0 Å². The van der Waals surface area contributed by atoms with Crippen LogP contribution in [0.15, 0.2) is 29.6 Å². The van der Waals surface area contributed by atoms with Gasteiger partial charge < -0.3 is 9.47 Å². The number of nitrogens with one attached hydrogen (secondary N) is 1. The summed E-state index contributed by atoms with van der Waals surface area (Å²) in [6.45, 7) is 3.30. The molecule has 2 rings (SSSR count). The molecule has 0 saturated carbocycles. The van der Waals surface area contributed by atoms with Gasteiger partial charge in [0.25, 0.3) is 5.91 Å². The second kappa shape index (κ2) is 9.67. The Morgan fingerprint density at radius 1 is 1.12 bits per heavy atom. The summed E-state index contributed by atoms with van der Waals surface area (Å²) in [5.74, 6) is -1.34. The summed E-state index contributed by atoms with van der Waals surface area (Å²) in [7, 11) is 0. The highest BCUT2D eigenvalue weighted by molar-refractivity contribution is 7.13. The number of hydrogen-bond donors (Lipinski definition) is 1. The lowest BCUT2D eigenvalue weighted by atomic mass is 10.1. The van der Waals surface area contributed by atoms with Gasteiger partial charge in [-0.05, 0) is 18.9 Å². The maximum absolute atomic E-state index is 11.8. The van der Waals surface area contributed by atoms with Gasteiger partial charge in [-0.2, -0.15) is 0 Å². The summed E-state index contributed by atoms with van der Waals surface area (Å²) in [5.41, 5.74) is 2.80. The molecule has 2 amide bonds. The third-order valence-electron chi connectivity index (χ3n) is 3.37. The van der Waals surface area contributed by atoms with Gasteiger partial charge in [0.1, 0.15) is 5.01 Å². The second-order valence-corrected chi connectivity index (χ2v) is 6.16. The predicted molar refractivity (Wildman–Crippen MR) is 96.8 cm³/mol. The molecule has 1 aromatic carbocycles. The van der Waals surface area contributed by atoms with E-state index in [0.29, 0.717) is 5.69 Å². The molecule has 1 aromatic heterocycles. The van der Waals surface area contributed by atoms with Crippen molar-refractivity contribution in [2.45, 2.75) is 26.7 Å². The first-order valence-electron chi connectivity index (χ1n) is 8.17. The second-order valence-electron chi connectivity index (χ2n) is 5.30. The Hall–Kier alpha value is -2.74. The molecule has 0 fully saturated rings. The smallest absolute Gasteiger partial charge is 0.413 e. The van der Waals surface area contributed by atoms with Crippen molar-refractivity contribution >= 4 is 29.3 Å². The molecule has 0 aliphatic rings. The van der Waals surface area contributed by atoms with E-state index in [9.17, 15) is 14.4 Å². The fourth-order valence-corrected chi connectivity index (χ4v) is 2.89. The zero-order valence-corrected chi connectivity index (χ0v) is 15.4. The maximum Gasteiger partial charge on any atom is 0.413 e. The lowest BCUT2D eigenvalue weighted by Crippen LogP contribution is -2.34. The number of amides is 2. The molecule has 0 bridgehead atoms. The van der Waals surface area contributed by atoms with Crippen molar-refractivity contribution in [3.63, 3.8) is 0 Å². The van der Waals surface area contributed by atoms with E-state index in [-0.39, 0.29) is 13.0 Å². The van der Waals surface area contributed by atoms with E-state index in [1.165, 1.54) is 16.9 Å². The molecule has 2 aromatic rings. The summed E-state index contributed by atoms with van der Waals surface area (Å²) in [6, 6.07) is 8.10. The minimum Gasteiger partial charge on any atom is -0.455 e. The molecule has 0 unspecified atom stereocenters. The topological polar surface area (TPSA) is 94.6 Å². The first kappa shape index (κ1) is 19.6. The van der Waals surface area contributed by atoms with Crippen molar-refractivity contribution in [1.82, 2.24) is 10.3 Å². The monoisotopic (exact) mass is 376 g/mol. The number of alkyl carbamates (subject to hydrolysis) is 1. The van der Waals surface area contributed by atoms with Gasteiger partial charge in [-0.3, -0.25) is 14.9 Å². The summed E-state index contributed by atoms with van der Waals surface area (Å²) in [4.78, 5) is 38.7. The molecule has 1 N–H and O–H groups in total. The Kier molecular flexibility index (Phi) is 7.28. The fraction of sp³-hybridized carbons (Fsp3) is 0.333. The Balaban J connectivity index is 1.83. The van der Waals surface area contributed by atoms with Crippen molar-refractivity contribution in [3.8, 4) is 10.6 Å². The molecule has 0 spiro atoms. The zero-order valence-electron chi connectivity index (χ0n) is 14.6. The van der Waals surface area contributed by atoms with Crippen molar-refractivity contribution in [3.05, 3.63) is 40.9 Å². The lowest BCUT2D eigenvalue weighted by Gasteiger charge is -2.05. The minimum absolute atomic E-state index is 0.0454.